The standard InChI is InChI=1S/C16H28N6O4/c1-5-26-12(3)10-11(2)6-7-18-16(25)19-9-8-17-14(23)13-15(24)20-21-22(13)4/h12,24H,2,5-10H2,1,3-4H3,(H,17,23)(H2,18,19,25). The van der Waals surface area contributed by atoms with Gasteiger partial charge in [-0.15, -0.1) is 0 Å². The molecule has 0 aromatic carbocycles. The van der Waals surface area contributed by atoms with E-state index in [0.717, 1.165) is 12.0 Å². The summed E-state index contributed by atoms with van der Waals surface area (Å²) in [5.41, 5.74) is 0.984. The highest BCUT2D eigenvalue weighted by molar-refractivity contribution is 5.94. The Kier molecular flexibility index (Phi) is 9.13. The second-order valence-corrected chi connectivity index (χ2v) is 5.79. The summed E-state index contributed by atoms with van der Waals surface area (Å²) in [7, 11) is 1.50. The van der Waals surface area contributed by atoms with Crippen LogP contribution in [0.3, 0.4) is 0 Å². The van der Waals surface area contributed by atoms with E-state index in [0.29, 0.717) is 19.6 Å². The third-order valence-electron chi connectivity index (χ3n) is 3.51. The van der Waals surface area contributed by atoms with E-state index in [4.69, 9.17) is 4.74 Å². The van der Waals surface area contributed by atoms with Crippen LogP contribution in [0.1, 0.15) is 37.2 Å². The first-order chi connectivity index (χ1) is 12.3. The molecule has 1 rings (SSSR count). The maximum absolute atomic E-state index is 11.9. The van der Waals surface area contributed by atoms with Crippen LogP contribution in [-0.2, 0) is 11.8 Å². The monoisotopic (exact) mass is 368 g/mol. The van der Waals surface area contributed by atoms with Gasteiger partial charge >= 0.3 is 6.03 Å². The molecule has 10 nitrogen and oxygen atoms in total. The number of aromatic nitrogens is 3. The average Bonchev–Trinajstić information content (AvgIpc) is 2.90. The van der Waals surface area contributed by atoms with Crippen LogP contribution in [0.2, 0.25) is 0 Å². The molecule has 1 aromatic rings. The zero-order chi connectivity index (χ0) is 19.5. The molecule has 4 N–H and O–H groups in total. The van der Waals surface area contributed by atoms with E-state index in [9.17, 15) is 14.7 Å². The summed E-state index contributed by atoms with van der Waals surface area (Å²) in [6.07, 6.45) is 1.56. The molecule has 1 atom stereocenters. The summed E-state index contributed by atoms with van der Waals surface area (Å²) in [5.74, 6) is -0.952. The third-order valence-corrected chi connectivity index (χ3v) is 3.51. The Hall–Kier alpha value is -2.62. The number of hydrogen-bond acceptors (Lipinski definition) is 6. The molecule has 0 fully saturated rings. The minimum atomic E-state index is -0.517. The smallest absolute Gasteiger partial charge is 0.314 e. The van der Waals surface area contributed by atoms with Gasteiger partial charge in [0.05, 0.1) is 6.10 Å². The highest BCUT2D eigenvalue weighted by atomic mass is 16.5. The second kappa shape index (κ2) is 11.1. The number of nitrogens with one attached hydrogen (secondary N) is 3. The number of rotatable bonds is 11. The molecule has 0 aliphatic carbocycles. The molecule has 1 aromatic heterocycles. The van der Waals surface area contributed by atoms with Crippen molar-refractivity contribution in [3.63, 3.8) is 0 Å². The van der Waals surface area contributed by atoms with Crippen molar-refractivity contribution >= 4 is 11.9 Å². The highest BCUT2D eigenvalue weighted by Gasteiger charge is 2.17. The van der Waals surface area contributed by atoms with Gasteiger partial charge in [-0.25, -0.2) is 9.48 Å². The fourth-order valence-electron chi connectivity index (χ4n) is 2.30. The van der Waals surface area contributed by atoms with Crippen LogP contribution < -0.4 is 16.0 Å². The van der Waals surface area contributed by atoms with Gasteiger partial charge in [0.2, 0.25) is 0 Å². The first-order valence-corrected chi connectivity index (χ1v) is 8.51. The molecule has 0 radical (unpaired) electrons. The molecular weight excluding hydrogens is 340 g/mol. The first kappa shape index (κ1) is 21.4. The molecule has 146 valence electrons. The lowest BCUT2D eigenvalue weighted by molar-refractivity contribution is 0.0763. The summed E-state index contributed by atoms with van der Waals surface area (Å²) < 4.78 is 6.62. The molecule has 0 aliphatic rings. The largest absolute Gasteiger partial charge is 0.491 e. The van der Waals surface area contributed by atoms with Gasteiger partial charge < -0.3 is 25.8 Å². The minimum Gasteiger partial charge on any atom is -0.491 e. The number of hydrogen-bond donors (Lipinski definition) is 4. The molecular formula is C16H28N6O4. The second-order valence-electron chi connectivity index (χ2n) is 5.79. The van der Waals surface area contributed by atoms with Crippen molar-refractivity contribution in [3.8, 4) is 5.88 Å². The van der Waals surface area contributed by atoms with E-state index in [1.54, 1.807) is 0 Å². The fourth-order valence-corrected chi connectivity index (χ4v) is 2.30. The number of aryl methyl sites for hydroxylation is 1. The van der Waals surface area contributed by atoms with Gasteiger partial charge in [0, 0.05) is 33.3 Å². The predicted molar refractivity (Wildman–Crippen MR) is 95.9 cm³/mol. The van der Waals surface area contributed by atoms with Crippen LogP contribution in [-0.4, -0.2) is 64.4 Å². The normalized spacial score (nSPS) is 11.7. The van der Waals surface area contributed by atoms with Crippen molar-refractivity contribution in [2.45, 2.75) is 32.8 Å². The summed E-state index contributed by atoms with van der Waals surface area (Å²) in [6.45, 7) is 9.51. The molecule has 3 amide bonds. The van der Waals surface area contributed by atoms with Crippen molar-refractivity contribution in [2.75, 3.05) is 26.2 Å². The number of nitrogens with zero attached hydrogens (tertiary/aromatic N) is 3. The van der Waals surface area contributed by atoms with Crippen molar-refractivity contribution < 1.29 is 19.4 Å². The number of urea groups is 1. The van der Waals surface area contributed by atoms with Crippen LogP contribution in [0, 0.1) is 0 Å². The van der Waals surface area contributed by atoms with Crippen molar-refractivity contribution in [2.24, 2.45) is 7.05 Å². The SMILES string of the molecule is C=C(CCNC(=O)NCCNC(=O)c1c(O)nnn1C)CC(C)OCC. The van der Waals surface area contributed by atoms with E-state index in [1.807, 2.05) is 13.8 Å². The van der Waals surface area contributed by atoms with Gasteiger partial charge in [0.25, 0.3) is 11.8 Å². The van der Waals surface area contributed by atoms with Crippen molar-refractivity contribution in [1.82, 2.24) is 30.9 Å². The number of carbonyl (C=O) groups excluding carboxylic acids is 2. The summed E-state index contributed by atoms with van der Waals surface area (Å²) in [4.78, 5) is 23.5. The highest BCUT2D eigenvalue weighted by Crippen LogP contribution is 2.10. The zero-order valence-electron chi connectivity index (χ0n) is 15.5. The summed E-state index contributed by atoms with van der Waals surface area (Å²) in [6, 6.07) is -0.324. The van der Waals surface area contributed by atoms with E-state index < -0.39 is 11.8 Å². The van der Waals surface area contributed by atoms with Gasteiger partial charge in [-0.05, 0) is 26.7 Å². The van der Waals surface area contributed by atoms with Gasteiger partial charge in [0.15, 0.2) is 5.69 Å². The van der Waals surface area contributed by atoms with Crippen LogP contribution in [0.15, 0.2) is 12.2 Å². The summed E-state index contributed by atoms with van der Waals surface area (Å²) >= 11 is 0. The third kappa shape index (κ3) is 7.51. The van der Waals surface area contributed by atoms with Gasteiger partial charge in [-0.1, -0.05) is 22.5 Å². The van der Waals surface area contributed by atoms with Crippen molar-refractivity contribution in [3.05, 3.63) is 17.8 Å². The van der Waals surface area contributed by atoms with Crippen LogP contribution in [0.4, 0.5) is 4.79 Å². The van der Waals surface area contributed by atoms with Crippen LogP contribution in [0.25, 0.3) is 0 Å². The Morgan fingerprint density at radius 2 is 1.92 bits per heavy atom. The quantitative estimate of drug-likeness (QED) is 0.328. The Morgan fingerprint density at radius 1 is 1.27 bits per heavy atom. The molecule has 0 aliphatic heterocycles. The fraction of sp³-hybridized carbons (Fsp3) is 0.625. The number of aromatic hydroxyl groups is 1. The average molecular weight is 368 g/mol. The van der Waals surface area contributed by atoms with Crippen molar-refractivity contribution in [1.29, 1.82) is 0 Å². The Balaban J connectivity index is 2.13. The number of amides is 3. The minimum absolute atomic E-state index is 0.0331. The molecule has 0 saturated carbocycles. The lowest BCUT2D eigenvalue weighted by Gasteiger charge is -2.14. The van der Waals surface area contributed by atoms with E-state index in [1.165, 1.54) is 11.7 Å². The number of ether oxygens (including phenoxy) is 1. The first-order valence-electron chi connectivity index (χ1n) is 8.51. The molecule has 1 unspecified atom stereocenters. The molecule has 10 heteroatoms. The Bertz CT molecular complexity index is 596. The van der Waals surface area contributed by atoms with Gasteiger partial charge in [-0.3, -0.25) is 4.79 Å². The molecule has 1 heterocycles. The lowest BCUT2D eigenvalue weighted by atomic mass is 10.1. The molecule has 0 bridgehead atoms. The molecule has 26 heavy (non-hydrogen) atoms. The predicted octanol–water partition coefficient (Wildman–Crippen LogP) is 0.311. The van der Waals surface area contributed by atoms with Crippen LogP contribution in [0.5, 0.6) is 5.88 Å². The summed E-state index contributed by atoms with van der Waals surface area (Å²) in [5, 5.41) is 24.2. The van der Waals surface area contributed by atoms with Crippen LogP contribution >= 0.6 is 0 Å². The maximum atomic E-state index is 11.9. The maximum Gasteiger partial charge on any atom is 0.314 e. The number of carbonyl (C=O) groups is 2. The van der Waals surface area contributed by atoms with E-state index >= 15 is 0 Å². The van der Waals surface area contributed by atoms with E-state index in [2.05, 4.69) is 32.8 Å². The molecule has 0 spiro atoms. The van der Waals surface area contributed by atoms with Gasteiger partial charge in [0.1, 0.15) is 0 Å². The zero-order valence-corrected chi connectivity index (χ0v) is 15.5. The molecule has 0 saturated heterocycles. The Labute approximate surface area is 153 Å². The Morgan fingerprint density at radius 3 is 2.54 bits per heavy atom. The van der Waals surface area contributed by atoms with E-state index in [-0.39, 0.29) is 30.9 Å². The topological polar surface area (TPSA) is 130 Å². The lowest BCUT2D eigenvalue weighted by Crippen LogP contribution is -2.40. The van der Waals surface area contributed by atoms with Gasteiger partial charge in [-0.2, -0.15) is 0 Å².